The molecule has 0 saturated carbocycles. The summed E-state index contributed by atoms with van der Waals surface area (Å²) in [4.78, 5) is 30.9. The van der Waals surface area contributed by atoms with Gasteiger partial charge in [-0.1, -0.05) is 12.1 Å². The van der Waals surface area contributed by atoms with Gasteiger partial charge in [0, 0.05) is 45.0 Å². The summed E-state index contributed by atoms with van der Waals surface area (Å²) in [5.41, 5.74) is 7.39. The van der Waals surface area contributed by atoms with Crippen molar-refractivity contribution >= 4 is 17.5 Å². The fraction of sp³-hybridized carbons (Fsp3) is 0.579. The van der Waals surface area contributed by atoms with E-state index in [4.69, 9.17) is 5.73 Å². The van der Waals surface area contributed by atoms with Crippen LogP contribution in [0.3, 0.4) is 0 Å². The average molecular weight is 344 g/mol. The number of likely N-dealkylation sites (tertiary alicyclic amines) is 1. The zero-order chi connectivity index (χ0) is 17.6. The second-order valence-corrected chi connectivity index (χ2v) is 7.02. The molecule has 0 radical (unpaired) electrons. The smallest absolute Gasteiger partial charge is 0.236 e. The predicted octanol–water partition coefficient (Wildman–Crippen LogP) is 0.968. The van der Waals surface area contributed by atoms with Crippen molar-refractivity contribution in [1.82, 2.24) is 14.7 Å². The molecule has 6 nitrogen and oxygen atoms in total. The summed E-state index contributed by atoms with van der Waals surface area (Å²) in [5, 5.41) is 0. The summed E-state index contributed by atoms with van der Waals surface area (Å²) in [7, 11) is 0. The van der Waals surface area contributed by atoms with Crippen LogP contribution in [0.5, 0.6) is 0 Å². The highest BCUT2D eigenvalue weighted by atomic mass is 16.2. The predicted molar refractivity (Wildman–Crippen MR) is 98.0 cm³/mol. The molecule has 1 aromatic carbocycles. The molecule has 0 spiro atoms. The molecule has 2 aliphatic heterocycles. The van der Waals surface area contributed by atoms with E-state index in [0.717, 1.165) is 57.5 Å². The summed E-state index contributed by atoms with van der Waals surface area (Å²) in [6, 6.07) is 7.48. The minimum Gasteiger partial charge on any atom is -0.399 e. The van der Waals surface area contributed by atoms with Gasteiger partial charge in [-0.05, 0) is 37.0 Å². The second-order valence-electron chi connectivity index (χ2n) is 7.02. The van der Waals surface area contributed by atoms with E-state index >= 15 is 0 Å². The van der Waals surface area contributed by atoms with Crippen LogP contribution in [0.2, 0.25) is 0 Å². The van der Waals surface area contributed by atoms with Crippen LogP contribution in [0.4, 0.5) is 5.69 Å². The van der Waals surface area contributed by atoms with Crippen molar-refractivity contribution in [2.24, 2.45) is 0 Å². The molecule has 0 bridgehead atoms. The molecule has 3 rings (SSSR count). The first-order chi connectivity index (χ1) is 12.1. The first-order valence-electron chi connectivity index (χ1n) is 9.24. The zero-order valence-corrected chi connectivity index (χ0v) is 14.8. The second kappa shape index (κ2) is 8.34. The molecule has 136 valence electrons. The Morgan fingerprint density at radius 1 is 0.800 bits per heavy atom. The van der Waals surface area contributed by atoms with E-state index in [9.17, 15) is 9.59 Å². The van der Waals surface area contributed by atoms with E-state index in [2.05, 4.69) is 4.90 Å². The maximum Gasteiger partial charge on any atom is 0.236 e. The summed E-state index contributed by atoms with van der Waals surface area (Å²) >= 11 is 0. The molecule has 0 unspecified atom stereocenters. The quantitative estimate of drug-likeness (QED) is 0.826. The van der Waals surface area contributed by atoms with Gasteiger partial charge >= 0.3 is 0 Å². The van der Waals surface area contributed by atoms with E-state index in [0.29, 0.717) is 25.2 Å². The molecule has 25 heavy (non-hydrogen) atoms. The van der Waals surface area contributed by atoms with Crippen LogP contribution in [-0.2, 0) is 16.0 Å². The normalized spacial score (nSPS) is 19.0. The lowest BCUT2D eigenvalue weighted by Gasteiger charge is -2.24. The Hall–Kier alpha value is -2.08. The molecule has 2 N–H and O–H groups in total. The zero-order valence-electron chi connectivity index (χ0n) is 14.8. The molecule has 0 atom stereocenters. The van der Waals surface area contributed by atoms with Crippen molar-refractivity contribution < 1.29 is 9.59 Å². The summed E-state index contributed by atoms with van der Waals surface area (Å²) < 4.78 is 0. The lowest BCUT2D eigenvalue weighted by atomic mass is 10.1. The van der Waals surface area contributed by atoms with E-state index < -0.39 is 0 Å². The van der Waals surface area contributed by atoms with Gasteiger partial charge in [-0.2, -0.15) is 0 Å². The Morgan fingerprint density at radius 3 is 2.16 bits per heavy atom. The number of hydrogen-bond acceptors (Lipinski definition) is 4. The van der Waals surface area contributed by atoms with Crippen molar-refractivity contribution in [3.8, 4) is 0 Å². The lowest BCUT2D eigenvalue weighted by Crippen LogP contribution is -2.41. The SMILES string of the molecule is Nc1ccc(CC(=O)N2CCCN(CC(=O)N3CCCC3)CC2)cc1. The Balaban J connectivity index is 1.48. The fourth-order valence-electron chi connectivity index (χ4n) is 3.56. The standard InChI is InChI=1S/C19H28N4O2/c20-17-6-4-16(5-7-17)14-18(24)23-11-3-8-21(12-13-23)15-19(25)22-9-1-2-10-22/h4-7H,1-3,8-15,20H2. The largest absolute Gasteiger partial charge is 0.399 e. The molecule has 0 aromatic heterocycles. The molecule has 6 heteroatoms. The van der Waals surface area contributed by atoms with Crippen LogP contribution < -0.4 is 5.73 Å². The Morgan fingerprint density at radius 2 is 1.44 bits per heavy atom. The topological polar surface area (TPSA) is 69.9 Å². The Labute approximate surface area is 149 Å². The van der Waals surface area contributed by atoms with Crippen molar-refractivity contribution in [1.29, 1.82) is 0 Å². The van der Waals surface area contributed by atoms with Crippen molar-refractivity contribution in [3.05, 3.63) is 29.8 Å². The molecule has 0 aliphatic carbocycles. The van der Waals surface area contributed by atoms with Crippen LogP contribution in [-0.4, -0.2) is 72.3 Å². The Kier molecular flexibility index (Phi) is 5.91. The minimum absolute atomic E-state index is 0.150. The molecule has 2 aliphatic rings. The van der Waals surface area contributed by atoms with Gasteiger partial charge in [0.15, 0.2) is 0 Å². The average Bonchev–Trinajstić information content (AvgIpc) is 3.04. The van der Waals surface area contributed by atoms with Crippen molar-refractivity contribution in [2.45, 2.75) is 25.7 Å². The van der Waals surface area contributed by atoms with Crippen molar-refractivity contribution in [2.75, 3.05) is 51.5 Å². The highest BCUT2D eigenvalue weighted by Gasteiger charge is 2.23. The van der Waals surface area contributed by atoms with Crippen molar-refractivity contribution in [3.63, 3.8) is 0 Å². The van der Waals surface area contributed by atoms with Crippen LogP contribution in [0.15, 0.2) is 24.3 Å². The number of benzene rings is 1. The van der Waals surface area contributed by atoms with Gasteiger partial charge in [-0.15, -0.1) is 0 Å². The number of nitrogen functional groups attached to an aromatic ring is 1. The summed E-state index contributed by atoms with van der Waals surface area (Å²) in [6.45, 7) is 5.40. The third-order valence-corrected chi connectivity index (χ3v) is 5.09. The van der Waals surface area contributed by atoms with Gasteiger partial charge in [-0.3, -0.25) is 14.5 Å². The van der Waals surface area contributed by atoms with E-state index in [1.54, 1.807) is 0 Å². The summed E-state index contributed by atoms with van der Waals surface area (Å²) in [5.74, 6) is 0.386. The number of nitrogens with zero attached hydrogens (tertiary/aromatic N) is 3. The highest BCUT2D eigenvalue weighted by Crippen LogP contribution is 2.11. The summed E-state index contributed by atoms with van der Waals surface area (Å²) in [6.07, 6.45) is 3.58. The molecule has 1 aromatic rings. The Bertz CT molecular complexity index is 596. The first-order valence-corrected chi connectivity index (χ1v) is 9.24. The van der Waals surface area contributed by atoms with Crippen LogP contribution in [0, 0.1) is 0 Å². The van der Waals surface area contributed by atoms with Gasteiger partial charge in [-0.25, -0.2) is 0 Å². The molecular weight excluding hydrogens is 316 g/mol. The van der Waals surface area contributed by atoms with Crippen LogP contribution in [0.25, 0.3) is 0 Å². The minimum atomic E-state index is 0.150. The van der Waals surface area contributed by atoms with E-state index in [1.807, 2.05) is 34.1 Å². The molecule has 2 amide bonds. The van der Waals surface area contributed by atoms with E-state index in [1.165, 1.54) is 0 Å². The maximum atomic E-state index is 12.5. The van der Waals surface area contributed by atoms with E-state index in [-0.39, 0.29) is 11.8 Å². The fourth-order valence-corrected chi connectivity index (χ4v) is 3.56. The van der Waals surface area contributed by atoms with Gasteiger partial charge in [0.1, 0.15) is 0 Å². The lowest BCUT2D eigenvalue weighted by molar-refractivity contribution is -0.131. The molecule has 2 saturated heterocycles. The monoisotopic (exact) mass is 344 g/mol. The first kappa shape index (κ1) is 17.7. The van der Waals surface area contributed by atoms with Gasteiger partial charge < -0.3 is 15.5 Å². The number of carbonyl (C=O) groups is 2. The third kappa shape index (κ3) is 4.95. The number of anilines is 1. The number of carbonyl (C=O) groups excluding carboxylic acids is 2. The van der Waals surface area contributed by atoms with Crippen LogP contribution >= 0.6 is 0 Å². The molecule has 2 fully saturated rings. The number of nitrogens with two attached hydrogens (primary N) is 1. The highest BCUT2D eigenvalue weighted by molar-refractivity contribution is 5.79. The molecular formula is C19H28N4O2. The van der Waals surface area contributed by atoms with Gasteiger partial charge in [0.2, 0.25) is 11.8 Å². The maximum absolute atomic E-state index is 12.5. The number of amides is 2. The van der Waals surface area contributed by atoms with Gasteiger partial charge in [0.25, 0.3) is 0 Å². The van der Waals surface area contributed by atoms with Gasteiger partial charge in [0.05, 0.1) is 13.0 Å². The van der Waals surface area contributed by atoms with Crippen LogP contribution in [0.1, 0.15) is 24.8 Å². The third-order valence-electron chi connectivity index (χ3n) is 5.09. The number of rotatable bonds is 4. The molecule has 2 heterocycles. The number of hydrogen-bond donors (Lipinski definition) is 1.